The molecule has 1 saturated heterocycles. The summed E-state index contributed by atoms with van der Waals surface area (Å²) in [4.78, 5) is 6.99. The molecule has 0 N–H and O–H groups in total. The quantitative estimate of drug-likeness (QED) is 0.534. The van der Waals surface area contributed by atoms with Crippen LogP contribution >= 0.6 is 0 Å². The minimum atomic E-state index is -0.105. The standard InChI is InChI=1S/C26H36N2O3/c1-4-30-25(29-3)18-28-14-11-26(12-15-28)16-21(17-26)19-31-24-10-7-8-22(20(24)2)23-9-5-6-13-27-23/h5-10,13,21,25H,4,11-12,14-19H2,1-3H3. The molecule has 0 amide bonds. The highest BCUT2D eigenvalue weighted by Gasteiger charge is 2.46. The third-order valence-corrected chi connectivity index (χ3v) is 7.08. The van der Waals surface area contributed by atoms with Gasteiger partial charge in [-0.3, -0.25) is 9.88 Å². The molecule has 2 fully saturated rings. The molecular formula is C26H36N2O3. The van der Waals surface area contributed by atoms with Crippen molar-refractivity contribution in [1.29, 1.82) is 0 Å². The lowest BCUT2D eigenvalue weighted by atomic mass is 9.58. The average Bonchev–Trinajstić information content (AvgIpc) is 2.78. The normalized spacial score (nSPS) is 19.8. The highest BCUT2D eigenvalue weighted by atomic mass is 16.7. The molecule has 31 heavy (non-hydrogen) atoms. The molecule has 5 nitrogen and oxygen atoms in total. The van der Waals surface area contributed by atoms with Gasteiger partial charge >= 0.3 is 0 Å². The molecule has 2 aromatic rings. The number of nitrogens with zero attached hydrogens (tertiary/aromatic N) is 2. The van der Waals surface area contributed by atoms with Crippen molar-refractivity contribution in [3.63, 3.8) is 0 Å². The first-order valence-corrected chi connectivity index (χ1v) is 11.6. The topological polar surface area (TPSA) is 43.8 Å². The number of methoxy groups -OCH3 is 1. The van der Waals surface area contributed by atoms with E-state index in [0.29, 0.717) is 17.9 Å². The Bertz CT molecular complexity index is 826. The van der Waals surface area contributed by atoms with Crippen molar-refractivity contribution in [2.24, 2.45) is 11.3 Å². The van der Waals surface area contributed by atoms with Gasteiger partial charge in [-0.05, 0) is 82.2 Å². The second-order valence-corrected chi connectivity index (χ2v) is 9.15. The summed E-state index contributed by atoms with van der Waals surface area (Å²) in [6.07, 6.45) is 6.87. The number of likely N-dealkylation sites (tertiary alicyclic amines) is 1. The maximum atomic E-state index is 6.28. The van der Waals surface area contributed by atoms with E-state index in [0.717, 1.165) is 43.2 Å². The van der Waals surface area contributed by atoms with Crippen LogP contribution in [0.25, 0.3) is 11.3 Å². The van der Waals surface area contributed by atoms with Gasteiger partial charge in [0.2, 0.25) is 0 Å². The van der Waals surface area contributed by atoms with Gasteiger partial charge < -0.3 is 14.2 Å². The van der Waals surface area contributed by atoms with E-state index in [4.69, 9.17) is 14.2 Å². The van der Waals surface area contributed by atoms with Crippen LogP contribution in [0.3, 0.4) is 0 Å². The SMILES string of the molecule is CCOC(CN1CCC2(CC1)CC(COc1cccc(-c3ccccn3)c1C)C2)OC. The predicted octanol–water partition coefficient (Wildman–Crippen LogP) is 4.94. The molecule has 1 atom stereocenters. The number of rotatable bonds is 9. The van der Waals surface area contributed by atoms with Crippen molar-refractivity contribution >= 4 is 0 Å². The maximum absolute atomic E-state index is 6.28. The first-order valence-electron chi connectivity index (χ1n) is 11.6. The molecule has 1 aromatic heterocycles. The first-order chi connectivity index (χ1) is 15.1. The van der Waals surface area contributed by atoms with Crippen LogP contribution < -0.4 is 4.74 Å². The molecular weight excluding hydrogens is 388 g/mol. The van der Waals surface area contributed by atoms with E-state index < -0.39 is 0 Å². The lowest BCUT2D eigenvalue weighted by Crippen LogP contribution is -2.50. The van der Waals surface area contributed by atoms with Crippen molar-refractivity contribution in [3.05, 3.63) is 48.2 Å². The van der Waals surface area contributed by atoms with Crippen LogP contribution in [0.4, 0.5) is 0 Å². The van der Waals surface area contributed by atoms with Crippen molar-refractivity contribution < 1.29 is 14.2 Å². The summed E-state index contributed by atoms with van der Waals surface area (Å²) in [6.45, 7) is 8.82. The second-order valence-electron chi connectivity index (χ2n) is 9.15. The van der Waals surface area contributed by atoms with Gasteiger partial charge in [-0.1, -0.05) is 18.2 Å². The fourth-order valence-corrected chi connectivity index (χ4v) is 5.27. The largest absolute Gasteiger partial charge is 0.493 e. The van der Waals surface area contributed by atoms with E-state index in [1.54, 1.807) is 7.11 Å². The van der Waals surface area contributed by atoms with Crippen LogP contribution in [0.1, 0.15) is 38.2 Å². The van der Waals surface area contributed by atoms with E-state index in [-0.39, 0.29) is 6.29 Å². The summed E-state index contributed by atoms with van der Waals surface area (Å²) < 4.78 is 17.4. The number of hydrogen-bond acceptors (Lipinski definition) is 5. The van der Waals surface area contributed by atoms with Crippen LogP contribution in [-0.4, -0.2) is 56.1 Å². The monoisotopic (exact) mass is 424 g/mol. The fraction of sp³-hybridized carbons (Fsp3) is 0.577. The van der Waals surface area contributed by atoms with Crippen LogP contribution in [-0.2, 0) is 9.47 Å². The highest BCUT2D eigenvalue weighted by molar-refractivity contribution is 5.66. The molecule has 1 spiro atoms. The zero-order valence-corrected chi connectivity index (χ0v) is 19.2. The summed E-state index contributed by atoms with van der Waals surface area (Å²) in [5.41, 5.74) is 3.85. The van der Waals surface area contributed by atoms with Gasteiger partial charge in [0, 0.05) is 37.6 Å². The maximum Gasteiger partial charge on any atom is 0.169 e. The van der Waals surface area contributed by atoms with Gasteiger partial charge in [-0.2, -0.15) is 0 Å². The van der Waals surface area contributed by atoms with E-state index in [1.807, 2.05) is 25.3 Å². The number of benzene rings is 1. The molecule has 0 radical (unpaired) electrons. The van der Waals surface area contributed by atoms with E-state index in [1.165, 1.54) is 31.2 Å². The Hall–Kier alpha value is -1.95. The average molecular weight is 425 g/mol. The van der Waals surface area contributed by atoms with Crippen molar-refractivity contribution in [2.75, 3.05) is 40.0 Å². The molecule has 1 unspecified atom stereocenters. The Morgan fingerprint density at radius 2 is 1.94 bits per heavy atom. The number of hydrogen-bond donors (Lipinski definition) is 0. The van der Waals surface area contributed by atoms with Gasteiger partial charge in [0.1, 0.15) is 5.75 Å². The van der Waals surface area contributed by atoms with Crippen molar-refractivity contribution in [3.8, 4) is 17.0 Å². The zero-order chi connectivity index (χ0) is 21.7. The number of aromatic nitrogens is 1. The van der Waals surface area contributed by atoms with Crippen LogP contribution in [0, 0.1) is 18.3 Å². The molecule has 2 heterocycles. The third kappa shape index (κ3) is 5.28. The second kappa shape index (κ2) is 10.1. The van der Waals surface area contributed by atoms with Crippen LogP contribution in [0.5, 0.6) is 5.75 Å². The lowest BCUT2D eigenvalue weighted by Gasteiger charge is -2.52. The number of pyridine rings is 1. The highest BCUT2D eigenvalue weighted by Crippen LogP contribution is 2.52. The Balaban J connectivity index is 1.24. The molecule has 1 aliphatic carbocycles. The molecule has 5 heteroatoms. The molecule has 168 valence electrons. The molecule has 0 bridgehead atoms. The molecule has 1 aliphatic heterocycles. The Morgan fingerprint density at radius 3 is 2.61 bits per heavy atom. The minimum Gasteiger partial charge on any atom is -0.493 e. The number of piperidine rings is 1. The smallest absolute Gasteiger partial charge is 0.169 e. The molecule has 4 rings (SSSR count). The molecule has 2 aliphatic rings. The van der Waals surface area contributed by atoms with Crippen LogP contribution in [0.15, 0.2) is 42.6 Å². The van der Waals surface area contributed by atoms with Gasteiger partial charge in [0.15, 0.2) is 6.29 Å². The third-order valence-electron chi connectivity index (χ3n) is 7.08. The lowest BCUT2D eigenvalue weighted by molar-refractivity contribution is -0.139. The minimum absolute atomic E-state index is 0.105. The Labute approximate surface area is 186 Å². The predicted molar refractivity (Wildman–Crippen MR) is 123 cm³/mol. The van der Waals surface area contributed by atoms with Gasteiger partial charge in [0.05, 0.1) is 12.3 Å². The van der Waals surface area contributed by atoms with Crippen molar-refractivity contribution in [1.82, 2.24) is 9.88 Å². The first kappa shape index (κ1) is 22.3. The summed E-state index contributed by atoms with van der Waals surface area (Å²) in [5.74, 6) is 1.65. The zero-order valence-electron chi connectivity index (χ0n) is 19.2. The summed E-state index contributed by atoms with van der Waals surface area (Å²) in [6, 6.07) is 12.3. The summed E-state index contributed by atoms with van der Waals surface area (Å²) >= 11 is 0. The Kier molecular flexibility index (Phi) is 7.26. The van der Waals surface area contributed by atoms with E-state index in [2.05, 4.69) is 41.1 Å². The molecule has 1 aromatic carbocycles. The van der Waals surface area contributed by atoms with Gasteiger partial charge in [-0.15, -0.1) is 0 Å². The summed E-state index contributed by atoms with van der Waals surface area (Å²) in [5, 5.41) is 0. The van der Waals surface area contributed by atoms with Gasteiger partial charge in [-0.25, -0.2) is 0 Å². The van der Waals surface area contributed by atoms with Crippen LogP contribution in [0.2, 0.25) is 0 Å². The van der Waals surface area contributed by atoms with E-state index >= 15 is 0 Å². The number of ether oxygens (including phenoxy) is 3. The molecule has 1 saturated carbocycles. The fourth-order valence-electron chi connectivity index (χ4n) is 5.27. The van der Waals surface area contributed by atoms with Crippen molar-refractivity contribution in [2.45, 2.75) is 45.8 Å². The van der Waals surface area contributed by atoms with Gasteiger partial charge in [0.25, 0.3) is 0 Å². The summed E-state index contributed by atoms with van der Waals surface area (Å²) in [7, 11) is 1.73. The van der Waals surface area contributed by atoms with E-state index in [9.17, 15) is 0 Å². The Morgan fingerprint density at radius 1 is 1.13 bits per heavy atom.